The van der Waals surface area contributed by atoms with Gasteiger partial charge in [-0.1, -0.05) is 62.4 Å². The molecule has 3 aromatic rings. The molecular formula is C21H24N4. The normalized spacial score (nSPS) is 13.0. The van der Waals surface area contributed by atoms with Crippen molar-refractivity contribution in [1.82, 2.24) is 14.8 Å². The Labute approximate surface area is 149 Å². The fourth-order valence-corrected chi connectivity index (χ4v) is 3.78. The van der Waals surface area contributed by atoms with Gasteiger partial charge in [-0.3, -0.25) is 9.69 Å². The van der Waals surface area contributed by atoms with E-state index in [1.807, 2.05) is 4.68 Å². The third kappa shape index (κ3) is 2.53. The van der Waals surface area contributed by atoms with E-state index in [9.17, 15) is 0 Å². The molecule has 1 aliphatic heterocycles. The Balaban J connectivity index is 1.94. The molecule has 0 N–H and O–H groups in total. The second kappa shape index (κ2) is 6.37. The molecule has 0 amide bonds. The average Bonchev–Trinajstić information content (AvgIpc) is 2.99. The Hall–Kier alpha value is -2.59. The van der Waals surface area contributed by atoms with Crippen LogP contribution in [0.25, 0.3) is 11.3 Å². The van der Waals surface area contributed by atoms with E-state index in [1.54, 1.807) is 0 Å². The molecular weight excluding hydrogens is 308 g/mol. The molecule has 0 saturated carbocycles. The van der Waals surface area contributed by atoms with Crippen LogP contribution in [0.4, 0.5) is 11.5 Å². The van der Waals surface area contributed by atoms with Crippen LogP contribution < -0.4 is 5.01 Å². The molecule has 4 heteroatoms. The molecule has 25 heavy (non-hydrogen) atoms. The van der Waals surface area contributed by atoms with Crippen molar-refractivity contribution in [3.05, 3.63) is 65.7 Å². The van der Waals surface area contributed by atoms with Crippen molar-refractivity contribution >= 4 is 11.5 Å². The fourth-order valence-electron chi connectivity index (χ4n) is 3.78. The molecule has 1 aromatic heterocycles. The fraction of sp³-hybridized carbons (Fsp3) is 0.286. The number of nitrogens with zero attached hydrogens (tertiary/aromatic N) is 4. The van der Waals surface area contributed by atoms with Gasteiger partial charge in [-0.25, -0.2) is 5.01 Å². The van der Waals surface area contributed by atoms with Gasteiger partial charge in [0, 0.05) is 37.7 Å². The van der Waals surface area contributed by atoms with E-state index in [-0.39, 0.29) is 0 Å². The van der Waals surface area contributed by atoms with Crippen molar-refractivity contribution in [2.45, 2.75) is 20.3 Å². The maximum atomic E-state index is 4.90. The molecule has 0 aliphatic carbocycles. The SMILES string of the molecule is CCN(CC)N1c2ccccc2Cc2c(-c3ccccc3)nn(C)c21. The zero-order valence-corrected chi connectivity index (χ0v) is 15.1. The Morgan fingerprint density at radius 2 is 1.64 bits per heavy atom. The Morgan fingerprint density at radius 3 is 2.36 bits per heavy atom. The average molecular weight is 332 g/mol. The number of aromatic nitrogens is 2. The molecule has 1 aliphatic rings. The highest BCUT2D eigenvalue weighted by molar-refractivity contribution is 5.78. The molecule has 2 heterocycles. The molecule has 4 rings (SSSR count). The second-order valence-electron chi connectivity index (χ2n) is 6.40. The summed E-state index contributed by atoms with van der Waals surface area (Å²) in [6.07, 6.45) is 0.918. The third-order valence-electron chi connectivity index (χ3n) is 4.96. The summed E-state index contributed by atoms with van der Waals surface area (Å²) in [5.74, 6) is 1.18. The lowest BCUT2D eigenvalue weighted by Gasteiger charge is -2.39. The summed E-state index contributed by atoms with van der Waals surface area (Å²) in [6, 6.07) is 19.2. The quantitative estimate of drug-likeness (QED) is 0.708. The van der Waals surface area contributed by atoms with E-state index >= 15 is 0 Å². The summed E-state index contributed by atoms with van der Waals surface area (Å²) >= 11 is 0. The van der Waals surface area contributed by atoms with Crippen LogP contribution in [-0.2, 0) is 13.5 Å². The Bertz CT molecular complexity index is 878. The highest BCUT2D eigenvalue weighted by atomic mass is 15.7. The van der Waals surface area contributed by atoms with Crippen molar-refractivity contribution in [2.24, 2.45) is 7.05 Å². The van der Waals surface area contributed by atoms with Gasteiger partial charge in [0.15, 0.2) is 0 Å². The predicted molar refractivity (Wildman–Crippen MR) is 103 cm³/mol. The van der Waals surface area contributed by atoms with Crippen LogP contribution in [0.1, 0.15) is 25.0 Å². The molecule has 0 atom stereocenters. The first kappa shape index (κ1) is 15.9. The minimum Gasteiger partial charge on any atom is -0.257 e. The minimum absolute atomic E-state index is 0.918. The molecule has 0 radical (unpaired) electrons. The van der Waals surface area contributed by atoms with Crippen LogP contribution in [0.2, 0.25) is 0 Å². The largest absolute Gasteiger partial charge is 0.257 e. The first-order valence-corrected chi connectivity index (χ1v) is 8.98. The Kier molecular flexibility index (Phi) is 4.06. The number of hydrogen-bond donors (Lipinski definition) is 0. The van der Waals surface area contributed by atoms with Crippen LogP contribution in [0.3, 0.4) is 0 Å². The topological polar surface area (TPSA) is 24.3 Å². The van der Waals surface area contributed by atoms with Gasteiger partial charge in [-0.15, -0.1) is 0 Å². The van der Waals surface area contributed by atoms with Crippen LogP contribution in [0.5, 0.6) is 0 Å². The summed E-state index contributed by atoms with van der Waals surface area (Å²) in [5.41, 5.74) is 6.19. The van der Waals surface area contributed by atoms with Gasteiger partial charge in [-0.05, 0) is 11.6 Å². The molecule has 0 unspecified atom stereocenters. The molecule has 128 valence electrons. The standard InChI is InChI=1S/C21H24N4/c1-4-24(5-2)25-19-14-10-9-13-17(19)15-18-20(22-23(3)21(18)25)16-11-7-6-8-12-16/h6-14H,4-5,15H2,1-3H3. The van der Waals surface area contributed by atoms with Crippen LogP contribution in [-0.4, -0.2) is 27.9 Å². The molecule has 0 bridgehead atoms. The van der Waals surface area contributed by atoms with Crippen LogP contribution in [0.15, 0.2) is 54.6 Å². The van der Waals surface area contributed by atoms with Gasteiger partial charge < -0.3 is 0 Å². The lowest BCUT2D eigenvalue weighted by atomic mass is 9.96. The van der Waals surface area contributed by atoms with Gasteiger partial charge in [0.05, 0.1) is 11.4 Å². The number of hydrazine groups is 1. The number of fused-ring (bicyclic) bond motifs is 2. The summed E-state index contributed by atoms with van der Waals surface area (Å²) in [5, 5.41) is 9.62. The minimum atomic E-state index is 0.918. The molecule has 0 fully saturated rings. The number of aryl methyl sites for hydroxylation is 1. The molecule has 0 spiro atoms. The van der Waals surface area contributed by atoms with Crippen molar-refractivity contribution in [3.63, 3.8) is 0 Å². The number of anilines is 2. The lowest BCUT2D eigenvalue weighted by Crippen LogP contribution is -2.42. The van der Waals surface area contributed by atoms with Crippen LogP contribution in [0, 0.1) is 0 Å². The summed E-state index contributed by atoms with van der Waals surface area (Å²) in [6.45, 7) is 6.32. The zero-order chi connectivity index (χ0) is 17.4. The van der Waals surface area contributed by atoms with Gasteiger partial charge >= 0.3 is 0 Å². The predicted octanol–water partition coefficient (Wildman–Crippen LogP) is 4.39. The smallest absolute Gasteiger partial charge is 0.150 e. The highest BCUT2D eigenvalue weighted by Crippen LogP contribution is 2.43. The van der Waals surface area contributed by atoms with Gasteiger partial charge in [0.25, 0.3) is 0 Å². The van der Waals surface area contributed by atoms with Crippen molar-refractivity contribution in [2.75, 3.05) is 18.1 Å². The number of rotatable bonds is 4. The van der Waals surface area contributed by atoms with Crippen molar-refractivity contribution in [1.29, 1.82) is 0 Å². The first-order valence-electron chi connectivity index (χ1n) is 8.98. The number of benzene rings is 2. The second-order valence-corrected chi connectivity index (χ2v) is 6.40. The monoisotopic (exact) mass is 332 g/mol. The van der Waals surface area contributed by atoms with Crippen LogP contribution >= 0.6 is 0 Å². The Morgan fingerprint density at radius 1 is 0.960 bits per heavy atom. The summed E-state index contributed by atoms with van der Waals surface area (Å²) < 4.78 is 2.03. The zero-order valence-electron chi connectivity index (χ0n) is 15.1. The highest BCUT2D eigenvalue weighted by Gasteiger charge is 2.32. The maximum Gasteiger partial charge on any atom is 0.150 e. The van der Waals surface area contributed by atoms with E-state index in [4.69, 9.17) is 5.10 Å². The van der Waals surface area contributed by atoms with E-state index in [0.29, 0.717) is 0 Å². The van der Waals surface area contributed by atoms with Crippen molar-refractivity contribution in [3.8, 4) is 11.3 Å². The first-order chi connectivity index (χ1) is 12.2. The lowest BCUT2D eigenvalue weighted by molar-refractivity contribution is 0.301. The van der Waals surface area contributed by atoms with Crippen molar-refractivity contribution < 1.29 is 0 Å². The molecule has 0 saturated heterocycles. The third-order valence-corrected chi connectivity index (χ3v) is 4.96. The number of para-hydroxylation sites is 1. The summed E-state index contributed by atoms with van der Waals surface area (Å²) in [4.78, 5) is 0. The van der Waals surface area contributed by atoms with Gasteiger partial charge in [0.2, 0.25) is 0 Å². The van der Waals surface area contributed by atoms with E-state index in [1.165, 1.54) is 28.2 Å². The maximum absolute atomic E-state index is 4.90. The van der Waals surface area contributed by atoms with Gasteiger partial charge in [-0.2, -0.15) is 5.10 Å². The molecule has 2 aromatic carbocycles. The summed E-state index contributed by atoms with van der Waals surface area (Å²) in [7, 11) is 2.05. The van der Waals surface area contributed by atoms with Gasteiger partial charge in [0.1, 0.15) is 5.82 Å². The van der Waals surface area contributed by atoms with E-state index in [0.717, 1.165) is 25.2 Å². The molecule has 4 nitrogen and oxygen atoms in total. The van der Waals surface area contributed by atoms with E-state index in [2.05, 4.69) is 85.5 Å². The van der Waals surface area contributed by atoms with E-state index < -0.39 is 0 Å². The number of hydrogen-bond acceptors (Lipinski definition) is 3.